The standard InChI is InChI=1S/C19H42N.BrH/c1-5-6-7-8-9-10-11-12-13-14-15-16-17-18-19-20(2,3)4;/h5-19H2,1-4H3;1H/q+1;/p-1/i19+2;. The molecule has 0 unspecified atom stereocenters. The molecule has 0 fully saturated rings. The van der Waals surface area contributed by atoms with E-state index in [2.05, 4.69) is 28.1 Å². The van der Waals surface area contributed by atoms with E-state index in [1.807, 2.05) is 0 Å². The van der Waals surface area contributed by atoms with Gasteiger partial charge in [-0.3, -0.25) is 0 Å². The molecule has 0 radical (unpaired) electrons. The molecule has 2 heteroatoms. The third-order valence-electron chi connectivity index (χ3n) is 4.18. The lowest BCUT2D eigenvalue weighted by Crippen LogP contribution is -3.00. The Bertz CT molecular complexity index is 186. The molecule has 0 heterocycles. The van der Waals surface area contributed by atoms with Gasteiger partial charge >= 0.3 is 0 Å². The topological polar surface area (TPSA) is 0 Å². The van der Waals surface area contributed by atoms with Crippen LogP contribution in [0.2, 0.25) is 0 Å². The first-order valence-corrected chi connectivity index (χ1v) is 9.36. The van der Waals surface area contributed by atoms with Crippen molar-refractivity contribution in [1.29, 1.82) is 0 Å². The van der Waals surface area contributed by atoms with E-state index >= 15 is 0 Å². The molecule has 0 aliphatic heterocycles. The quantitative estimate of drug-likeness (QED) is 0.308. The normalized spacial score (nSPS) is 11.4. The summed E-state index contributed by atoms with van der Waals surface area (Å²) in [5.74, 6) is 0. The van der Waals surface area contributed by atoms with Crippen LogP contribution in [0.15, 0.2) is 0 Å². The third kappa shape index (κ3) is 22.9. The van der Waals surface area contributed by atoms with Crippen LogP contribution in [0.3, 0.4) is 0 Å². The first-order chi connectivity index (χ1) is 9.56. The lowest BCUT2D eigenvalue weighted by atomic mass is 10.0. The number of hydrogen-bond acceptors (Lipinski definition) is 0. The summed E-state index contributed by atoms with van der Waals surface area (Å²) in [4.78, 5) is 0. The second-order valence-corrected chi connectivity index (χ2v) is 7.61. The Kier molecular flexibility index (Phi) is 19.0. The van der Waals surface area contributed by atoms with Gasteiger partial charge in [0.1, 0.15) is 0 Å². The molecular formula is C19H42BrN. The van der Waals surface area contributed by atoms with Gasteiger partial charge in [0.25, 0.3) is 0 Å². The van der Waals surface area contributed by atoms with Crippen molar-refractivity contribution in [3.63, 3.8) is 0 Å². The minimum atomic E-state index is 0. The lowest BCUT2D eigenvalue weighted by molar-refractivity contribution is -0.870. The smallest absolute Gasteiger partial charge is 0.0780 e. The second-order valence-electron chi connectivity index (χ2n) is 7.61. The van der Waals surface area contributed by atoms with Crippen LogP contribution in [0.4, 0.5) is 0 Å². The van der Waals surface area contributed by atoms with Crippen molar-refractivity contribution >= 4 is 0 Å². The maximum Gasteiger partial charge on any atom is 0.0780 e. The summed E-state index contributed by atoms with van der Waals surface area (Å²) in [5, 5.41) is 0. The molecular weight excluding hydrogens is 324 g/mol. The molecule has 21 heavy (non-hydrogen) atoms. The fourth-order valence-electron chi connectivity index (χ4n) is 2.78. The van der Waals surface area contributed by atoms with Gasteiger partial charge in [0.2, 0.25) is 0 Å². The van der Waals surface area contributed by atoms with Crippen LogP contribution in [0.5, 0.6) is 0 Å². The van der Waals surface area contributed by atoms with Crippen LogP contribution in [-0.2, 0) is 0 Å². The van der Waals surface area contributed by atoms with Crippen LogP contribution in [-0.4, -0.2) is 32.2 Å². The van der Waals surface area contributed by atoms with E-state index in [9.17, 15) is 0 Å². The van der Waals surface area contributed by atoms with E-state index in [-0.39, 0.29) is 17.0 Å². The molecule has 0 spiro atoms. The monoisotopic (exact) mass is 365 g/mol. The SMILES string of the molecule is CCCCCCCCCCCCCCC[14CH2][N+](C)(C)C.[Br-]. The summed E-state index contributed by atoms with van der Waals surface area (Å²) in [6.07, 6.45) is 20.4. The van der Waals surface area contributed by atoms with Crippen molar-refractivity contribution < 1.29 is 21.5 Å². The van der Waals surface area contributed by atoms with Gasteiger partial charge in [-0.2, -0.15) is 0 Å². The number of quaternary nitrogens is 1. The Balaban J connectivity index is 0. The van der Waals surface area contributed by atoms with Crippen LogP contribution < -0.4 is 17.0 Å². The molecule has 0 saturated heterocycles. The number of hydrogen-bond donors (Lipinski definition) is 0. The zero-order valence-electron chi connectivity index (χ0n) is 15.4. The first-order valence-electron chi connectivity index (χ1n) is 9.36. The maximum atomic E-state index is 2.29. The summed E-state index contributed by atoms with van der Waals surface area (Å²) in [6, 6.07) is 0. The minimum absolute atomic E-state index is 0. The molecule has 0 aliphatic rings. The molecule has 0 saturated carbocycles. The lowest BCUT2D eigenvalue weighted by Gasteiger charge is -2.23. The molecule has 0 rings (SSSR count). The van der Waals surface area contributed by atoms with E-state index in [0.717, 1.165) is 4.48 Å². The highest BCUT2D eigenvalue weighted by Crippen LogP contribution is 2.13. The molecule has 0 atom stereocenters. The fraction of sp³-hybridized carbons (Fsp3) is 1.00. The average Bonchev–Trinajstić information content (AvgIpc) is 2.38. The summed E-state index contributed by atoms with van der Waals surface area (Å²) in [5.41, 5.74) is 0. The molecule has 0 amide bonds. The van der Waals surface area contributed by atoms with Crippen LogP contribution in [0.25, 0.3) is 0 Å². The second kappa shape index (κ2) is 16.8. The number of halogens is 1. The Morgan fingerprint density at radius 2 is 0.905 bits per heavy atom. The zero-order chi connectivity index (χ0) is 15.1. The predicted octanol–water partition coefficient (Wildman–Crippen LogP) is 3.18. The van der Waals surface area contributed by atoms with Crippen LogP contribution in [0.1, 0.15) is 96.8 Å². The number of unbranched alkanes of at least 4 members (excludes halogenated alkanes) is 13. The van der Waals surface area contributed by atoms with Gasteiger partial charge in [-0.15, -0.1) is 0 Å². The highest BCUT2D eigenvalue weighted by molar-refractivity contribution is 4.49. The van der Waals surface area contributed by atoms with E-state index < -0.39 is 0 Å². The molecule has 0 aromatic carbocycles. The molecule has 0 aliphatic carbocycles. The van der Waals surface area contributed by atoms with Crippen molar-refractivity contribution in [3.8, 4) is 0 Å². The molecule has 0 bridgehead atoms. The molecule has 130 valence electrons. The number of rotatable bonds is 15. The first kappa shape index (κ1) is 23.7. The van der Waals surface area contributed by atoms with Crippen molar-refractivity contribution in [1.82, 2.24) is 0 Å². The minimum Gasteiger partial charge on any atom is -1.00 e. The Morgan fingerprint density at radius 1 is 0.571 bits per heavy atom. The highest BCUT2D eigenvalue weighted by atomic mass is 79.9. The maximum absolute atomic E-state index is 2.29. The van der Waals surface area contributed by atoms with Crippen molar-refractivity contribution in [2.45, 2.75) is 96.8 Å². The van der Waals surface area contributed by atoms with E-state index in [0.29, 0.717) is 0 Å². The number of nitrogens with zero attached hydrogens (tertiary/aromatic N) is 1. The van der Waals surface area contributed by atoms with E-state index in [1.54, 1.807) is 0 Å². The summed E-state index contributed by atoms with van der Waals surface area (Å²) < 4.78 is 1.12. The van der Waals surface area contributed by atoms with Gasteiger partial charge in [-0.1, -0.05) is 84.0 Å². The van der Waals surface area contributed by atoms with Gasteiger partial charge in [-0.05, 0) is 12.8 Å². The van der Waals surface area contributed by atoms with Gasteiger partial charge in [-0.25, -0.2) is 0 Å². The van der Waals surface area contributed by atoms with E-state index in [4.69, 9.17) is 0 Å². The molecule has 0 aromatic rings. The predicted molar refractivity (Wildman–Crippen MR) is 93.2 cm³/mol. The van der Waals surface area contributed by atoms with Gasteiger partial charge in [0, 0.05) is 0 Å². The zero-order valence-corrected chi connectivity index (χ0v) is 17.0. The van der Waals surface area contributed by atoms with Gasteiger partial charge < -0.3 is 21.5 Å². The molecule has 1 nitrogen and oxygen atoms in total. The molecule has 0 aromatic heterocycles. The Labute approximate surface area is 146 Å². The average molecular weight is 366 g/mol. The highest BCUT2D eigenvalue weighted by Gasteiger charge is 2.04. The summed E-state index contributed by atoms with van der Waals surface area (Å²) in [7, 11) is 6.88. The van der Waals surface area contributed by atoms with Crippen molar-refractivity contribution in [3.05, 3.63) is 0 Å². The fourth-order valence-corrected chi connectivity index (χ4v) is 2.78. The Hall–Kier alpha value is 0.440. The van der Waals surface area contributed by atoms with Crippen LogP contribution in [0, 0.1) is 0 Å². The van der Waals surface area contributed by atoms with Gasteiger partial charge in [0.15, 0.2) is 0 Å². The third-order valence-corrected chi connectivity index (χ3v) is 4.18. The van der Waals surface area contributed by atoms with Crippen LogP contribution >= 0.6 is 0 Å². The van der Waals surface area contributed by atoms with Crippen molar-refractivity contribution in [2.75, 3.05) is 27.7 Å². The summed E-state index contributed by atoms with van der Waals surface area (Å²) >= 11 is 0. The summed E-state index contributed by atoms with van der Waals surface area (Å²) in [6.45, 7) is 3.63. The van der Waals surface area contributed by atoms with E-state index in [1.165, 1.54) is 96.4 Å². The Morgan fingerprint density at radius 3 is 1.24 bits per heavy atom. The van der Waals surface area contributed by atoms with Crippen molar-refractivity contribution in [2.24, 2.45) is 0 Å². The van der Waals surface area contributed by atoms with Gasteiger partial charge in [0.05, 0.1) is 27.7 Å². The largest absolute Gasteiger partial charge is 1.00 e. The molecule has 0 N–H and O–H groups in total.